The molecule has 7 heteroatoms. The lowest BCUT2D eigenvalue weighted by molar-refractivity contribution is -0.385. The molecule has 0 saturated carbocycles. The number of amides is 1. The number of nitro benzene ring substituents is 1. The summed E-state index contributed by atoms with van der Waals surface area (Å²) in [6.07, 6.45) is 2.10. The summed E-state index contributed by atoms with van der Waals surface area (Å²) >= 11 is 0. The molecule has 0 heterocycles. The standard InChI is InChI=1S/C12H15FN2O4/c13-10-6-9(7-11(8-10)15(18)19)12(17)14-4-2-1-3-5-16/h6-8,16H,1-5H2,(H,14,17). The highest BCUT2D eigenvalue weighted by Gasteiger charge is 2.14. The number of hydrogen-bond donors (Lipinski definition) is 2. The number of carbonyl (C=O) groups excluding carboxylic acids is 1. The van der Waals surface area contributed by atoms with Gasteiger partial charge in [0.2, 0.25) is 0 Å². The molecule has 2 N–H and O–H groups in total. The molecule has 0 aromatic heterocycles. The van der Waals surface area contributed by atoms with Crippen LogP contribution in [0.2, 0.25) is 0 Å². The molecule has 0 saturated heterocycles. The Hall–Kier alpha value is -2.02. The number of hydrogen-bond acceptors (Lipinski definition) is 4. The molecule has 0 fully saturated rings. The Morgan fingerprint density at radius 1 is 1.32 bits per heavy atom. The van der Waals surface area contributed by atoms with Crippen LogP contribution in [0.3, 0.4) is 0 Å². The topological polar surface area (TPSA) is 92.5 Å². The van der Waals surface area contributed by atoms with Crippen LogP contribution >= 0.6 is 0 Å². The Morgan fingerprint density at radius 3 is 2.68 bits per heavy atom. The highest BCUT2D eigenvalue weighted by molar-refractivity contribution is 5.94. The fraction of sp³-hybridized carbons (Fsp3) is 0.417. The van der Waals surface area contributed by atoms with Gasteiger partial charge in [-0.25, -0.2) is 4.39 Å². The Labute approximate surface area is 109 Å². The van der Waals surface area contributed by atoms with E-state index in [0.717, 1.165) is 24.6 Å². The predicted octanol–water partition coefficient (Wildman–Crippen LogP) is 1.63. The van der Waals surface area contributed by atoms with Crippen LogP contribution in [0, 0.1) is 15.9 Å². The van der Waals surface area contributed by atoms with Gasteiger partial charge in [-0.15, -0.1) is 0 Å². The van der Waals surface area contributed by atoms with Crippen molar-refractivity contribution in [3.05, 3.63) is 39.7 Å². The maximum atomic E-state index is 13.1. The monoisotopic (exact) mass is 270 g/mol. The van der Waals surface area contributed by atoms with Crippen molar-refractivity contribution in [3.63, 3.8) is 0 Å². The molecule has 19 heavy (non-hydrogen) atoms. The van der Waals surface area contributed by atoms with Gasteiger partial charge in [0.1, 0.15) is 5.82 Å². The summed E-state index contributed by atoms with van der Waals surface area (Å²) in [5.74, 6) is -1.37. The summed E-state index contributed by atoms with van der Waals surface area (Å²) in [4.78, 5) is 21.4. The molecule has 1 aromatic rings. The minimum atomic E-state index is -0.820. The van der Waals surface area contributed by atoms with Crippen LogP contribution in [0.1, 0.15) is 29.6 Å². The number of nitro groups is 1. The van der Waals surface area contributed by atoms with E-state index in [1.165, 1.54) is 0 Å². The van der Waals surface area contributed by atoms with Crippen molar-refractivity contribution < 1.29 is 19.2 Å². The zero-order valence-electron chi connectivity index (χ0n) is 10.3. The zero-order chi connectivity index (χ0) is 14.3. The third kappa shape index (κ3) is 5.01. The normalized spacial score (nSPS) is 10.2. The van der Waals surface area contributed by atoms with Gasteiger partial charge in [-0.05, 0) is 25.3 Å². The number of benzene rings is 1. The number of carbonyl (C=O) groups is 1. The number of halogens is 1. The van der Waals surface area contributed by atoms with E-state index in [-0.39, 0.29) is 12.2 Å². The molecule has 6 nitrogen and oxygen atoms in total. The largest absolute Gasteiger partial charge is 0.396 e. The van der Waals surface area contributed by atoms with Crippen LogP contribution in [0.4, 0.5) is 10.1 Å². The summed E-state index contributed by atoms with van der Waals surface area (Å²) in [6.45, 7) is 0.479. The van der Waals surface area contributed by atoms with Gasteiger partial charge in [0.25, 0.3) is 11.6 Å². The number of nitrogens with zero attached hydrogens (tertiary/aromatic N) is 1. The fourth-order valence-electron chi connectivity index (χ4n) is 1.53. The minimum absolute atomic E-state index is 0.0751. The summed E-state index contributed by atoms with van der Waals surface area (Å²) in [7, 11) is 0. The van der Waals surface area contributed by atoms with Crippen LogP contribution in [0.5, 0.6) is 0 Å². The van der Waals surface area contributed by atoms with E-state index < -0.39 is 22.3 Å². The Kier molecular flexibility index (Phi) is 5.87. The number of aliphatic hydroxyl groups excluding tert-OH is 1. The molecular weight excluding hydrogens is 255 g/mol. The molecule has 0 radical (unpaired) electrons. The van der Waals surface area contributed by atoms with Gasteiger partial charge in [0.05, 0.1) is 11.0 Å². The van der Waals surface area contributed by atoms with Crippen LogP contribution in [-0.4, -0.2) is 29.1 Å². The second kappa shape index (κ2) is 7.42. The lowest BCUT2D eigenvalue weighted by atomic mass is 10.1. The Balaban J connectivity index is 2.59. The van der Waals surface area contributed by atoms with Gasteiger partial charge in [0.15, 0.2) is 0 Å². The van der Waals surface area contributed by atoms with Gasteiger partial charge < -0.3 is 10.4 Å². The molecule has 0 aliphatic heterocycles. The van der Waals surface area contributed by atoms with Crippen molar-refractivity contribution in [3.8, 4) is 0 Å². The van der Waals surface area contributed by atoms with Crippen molar-refractivity contribution in [2.45, 2.75) is 19.3 Å². The van der Waals surface area contributed by atoms with Crippen molar-refractivity contribution in [1.82, 2.24) is 5.32 Å². The minimum Gasteiger partial charge on any atom is -0.396 e. The van der Waals surface area contributed by atoms with E-state index in [2.05, 4.69) is 5.32 Å². The number of nitrogens with one attached hydrogen (secondary N) is 1. The summed E-state index contributed by atoms with van der Waals surface area (Å²) in [6, 6.07) is 2.75. The lowest BCUT2D eigenvalue weighted by Gasteiger charge is -2.05. The first-order valence-electron chi connectivity index (χ1n) is 5.88. The Bertz CT molecular complexity index is 465. The SMILES string of the molecule is O=C(NCCCCCO)c1cc(F)cc([N+](=O)[O-])c1. The first-order valence-corrected chi connectivity index (χ1v) is 5.88. The molecule has 0 aliphatic carbocycles. The van der Waals surface area contributed by atoms with Crippen molar-refractivity contribution in [2.24, 2.45) is 0 Å². The second-order valence-electron chi connectivity index (χ2n) is 4.00. The first-order chi connectivity index (χ1) is 9.04. The van der Waals surface area contributed by atoms with E-state index in [0.29, 0.717) is 19.4 Å². The van der Waals surface area contributed by atoms with Crippen molar-refractivity contribution >= 4 is 11.6 Å². The van der Waals surface area contributed by atoms with Gasteiger partial charge in [-0.3, -0.25) is 14.9 Å². The number of non-ortho nitro benzene ring substituents is 1. The fourth-order valence-corrected chi connectivity index (χ4v) is 1.53. The molecule has 1 amide bonds. The predicted molar refractivity (Wildman–Crippen MR) is 66.3 cm³/mol. The van der Waals surface area contributed by atoms with Crippen molar-refractivity contribution in [2.75, 3.05) is 13.2 Å². The number of unbranched alkanes of at least 4 members (excludes halogenated alkanes) is 2. The molecule has 0 unspecified atom stereocenters. The summed E-state index contributed by atoms with van der Waals surface area (Å²) < 4.78 is 13.1. The average Bonchev–Trinajstić information content (AvgIpc) is 2.37. The van der Waals surface area contributed by atoms with E-state index in [1.54, 1.807) is 0 Å². The molecule has 0 atom stereocenters. The van der Waals surface area contributed by atoms with E-state index >= 15 is 0 Å². The maximum absolute atomic E-state index is 13.1. The first kappa shape index (κ1) is 15.0. The van der Waals surface area contributed by atoms with E-state index in [1.807, 2.05) is 0 Å². The van der Waals surface area contributed by atoms with Crippen LogP contribution in [0.25, 0.3) is 0 Å². The second-order valence-corrected chi connectivity index (χ2v) is 4.00. The number of aliphatic hydroxyl groups is 1. The summed E-state index contributed by atoms with van der Waals surface area (Å²) in [5, 5.41) is 21.7. The van der Waals surface area contributed by atoms with Crippen LogP contribution in [0.15, 0.2) is 18.2 Å². The molecular formula is C12H15FN2O4. The van der Waals surface area contributed by atoms with Crippen molar-refractivity contribution in [1.29, 1.82) is 0 Å². The molecule has 0 aliphatic rings. The van der Waals surface area contributed by atoms with Gasteiger partial charge >= 0.3 is 0 Å². The van der Waals surface area contributed by atoms with Gasteiger partial charge in [0, 0.05) is 24.8 Å². The van der Waals surface area contributed by atoms with Gasteiger partial charge in [-0.2, -0.15) is 0 Å². The highest BCUT2D eigenvalue weighted by atomic mass is 19.1. The van der Waals surface area contributed by atoms with Gasteiger partial charge in [-0.1, -0.05) is 0 Å². The number of rotatable bonds is 7. The molecule has 104 valence electrons. The maximum Gasteiger partial charge on any atom is 0.273 e. The molecule has 1 aromatic carbocycles. The average molecular weight is 270 g/mol. The Morgan fingerprint density at radius 2 is 2.05 bits per heavy atom. The molecule has 1 rings (SSSR count). The smallest absolute Gasteiger partial charge is 0.273 e. The quantitative estimate of drug-likeness (QED) is 0.447. The zero-order valence-corrected chi connectivity index (χ0v) is 10.3. The van der Waals surface area contributed by atoms with E-state index in [9.17, 15) is 19.3 Å². The van der Waals surface area contributed by atoms with Crippen LogP contribution in [-0.2, 0) is 0 Å². The lowest BCUT2D eigenvalue weighted by Crippen LogP contribution is -2.24. The molecule has 0 spiro atoms. The van der Waals surface area contributed by atoms with E-state index in [4.69, 9.17) is 5.11 Å². The highest BCUT2D eigenvalue weighted by Crippen LogP contribution is 2.16. The summed E-state index contributed by atoms with van der Waals surface area (Å²) in [5.41, 5.74) is -0.528. The molecule has 0 bridgehead atoms. The van der Waals surface area contributed by atoms with Crippen LogP contribution < -0.4 is 5.32 Å². The third-order valence-electron chi connectivity index (χ3n) is 2.48. The third-order valence-corrected chi connectivity index (χ3v) is 2.48.